The minimum absolute atomic E-state index is 0.689. The SMILES string of the molecule is CSCCC/[N+](C)=c1\ccc2c(-c3ccc(C=O)cc3C)c3ccc(N(C)C)cc3oc-2c1. The second-order valence-corrected chi connectivity index (χ2v) is 9.68. The molecule has 0 fully saturated rings. The van der Waals surface area contributed by atoms with Gasteiger partial charge in [0.15, 0.2) is 0 Å². The summed E-state index contributed by atoms with van der Waals surface area (Å²) in [5.74, 6) is 2.02. The molecule has 170 valence electrons. The number of thioether (sulfide) groups is 1. The molecule has 0 aromatic heterocycles. The van der Waals surface area contributed by atoms with Crippen molar-refractivity contribution < 1.29 is 9.21 Å². The molecule has 4 nitrogen and oxygen atoms in total. The molecule has 0 N–H and O–H groups in total. The molecule has 0 atom stereocenters. The molecule has 0 saturated carbocycles. The van der Waals surface area contributed by atoms with Crippen LogP contribution >= 0.6 is 11.8 Å². The number of aryl methyl sites for hydroxylation is 1. The maximum absolute atomic E-state index is 11.3. The van der Waals surface area contributed by atoms with E-state index < -0.39 is 0 Å². The Morgan fingerprint density at radius 3 is 2.52 bits per heavy atom. The monoisotopic (exact) mass is 459 g/mol. The van der Waals surface area contributed by atoms with Crippen molar-refractivity contribution in [3.8, 4) is 22.5 Å². The molecule has 5 heteroatoms. The molecule has 2 aliphatic rings. The van der Waals surface area contributed by atoms with Crippen LogP contribution in [0.3, 0.4) is 0 Å². The van der Waals surface area contributed by atoms with Crippen molar-refractivity contribution in [2.45, 2.75) is 13.3 Å². The zero-order chi connectivity index (χ0) is 23.5. The van der Waals surface area contributed by atoms with Gasteiger partial charge in [-0.1, -0.05) is 12.1 Å². The number of anilines is 1. The lowest BCUT2D eigenvalue weighted by molar-refractivity contribution is 0.112. The van der Waals surface area contributed by atoms with Gasteiger partial charge in [0, 0.05) is 60.4 Å². The number of carbonyl (C=O) groups excluding carboxylic acids is 1. The molecular formula is C28H31N2O2S+. The van der Waals surface area contributed by atoms with Crippen molar-refractivity contribution in [3.63, 3.8) is 0 Å². The molecule has 2 aromatic rings. The van der Waals surface area contributed by atoms with Crippen LogP contribution < -0.4 is 14.8 Å². The maximum Gasteiger partial charge on any atom is 0.203 e. The molecule has 0 radical (unpaired) electrons. The van der Waals surface area contributed by atoms with E-state index >= 15 is 0 Å². The Kier molecular flexibility index (Phi) is 6.89. The Bertz CT molecular complexity index is 1350. The summed E-state index contributed by atoms with van der Waals surface area (Å²) in [5, 5.41) is 2.21. The molecule has 1 aliphatic carbocycles. The molecule has 0 unspecified atom stereocenters. The smallest absolute Gasteiger partial charge is 0.203 e. The molecule has 0 saturated heterocycles. The second-order valence-electron chi connectivity index (χ2n) is 8.69. The molecule has 4 rings (SSSR count). The summed E-state index contributed by atoms with van der Waals surface area (Å²) in [6, 6.07) is 18.7. The molecule has 0 bridgehead atoms. The van der Waals surface area contributed by atoms with Gasteiger partial charge in [0.1, 0.15) is 31.2 Å². The Morgan fingerprint density at radius 2 is 1.82 bits per heavy atom. The fourth-order valence-corrected chi connectivity index (χ4v) is 4.71. The number of hydrogen-bond donors (Lipinski definition) is 0. The highest BCUT2D eigenvalue weighted by Gasteiger charge is 2.20. The molecular weight excluding hydrogens is 428 g/mol. The van der Waals surface area contributed by atoms with E-state index in [9.17, 15) is 4.79 Å². The van der Waals surface area contributed by atoms with Crippen LogP contribution in [0.15, 0.2) is 59.0 Å². The highest BCUT2D eigenvalue weighted by molar-refractivity contribution is 7.98. The number of nitrogens with zero attached hydrogens (tertiary/aromatic N) is 2. The standard InChI is InChI=1S/C28H31N2O2S/c1-19-15-20(18-31)7-10-23(19)28-24-11-8-21(29(2)3)16-26(24)32-27-17-22(9-12-25(27)28)30(4)13-6-14-33-5/h7-12,15-18H,6,13-14H2,1-5H3/q+1. The van der Waals surface area contributed by atoms with Crippen LogP contribution in [-0.4, -0.2) is 46.0 Å². The van der Waals surface area contributed by atoms with Gasteiger partial charge in [-0.15, -0.1) is 0 Å². The van der Waals surface area contributed by atoms with E-state index in [2.05, 4.69) is 72.2 Å². The maximum atomic E-state index is 11.3. The first-order valence-electron chi connectivity index (χ1n) is 11.2. The fraction of sp³-hybridized carbons (Fsp3) is 0.286. The third-order valence-corrected chi connectivity index (χ3v) is 6.84. The quantitative estimate of drug-likeness (QED) is 0.157. The normalized spacial score (nSPS) is 12.3. The first kappa shape index (κ1) is 23.1. The van der Waals surface area contributed by atoms with E-state index in [1.807, 2.05) is 38.0 Å². The third-order valence-electron chi connectivity index (χ3n) is 6.14. The summed E-state index contributed by atoms with van der Waals surface area (Å²) >= 11 is 1.88. The average Bonchev–Trinajstić information content (AvgIpc) is 2.82. The highest BCUT2D eigenvalue weighted by Crippen LogP contribution is 2.41. The van der Waals surface area contributed by atoms with Gasteiger partial charge in [-0.05, 0) is 54.3 Å². The number of carbonyl (C=O) groups is 1. The van der Waals surface area contributed by atoms with E-state index in [0.29, 0.717) is 5.56 Å². The minimum Gasteiger partial charge on any atom is -0.456 e. The van der Waals surface area contributed by atoms with E-state index in [4.69, 9.17) is 4.42 Å². The summed E-state index contributed by atoms with van der Waals surface area (Å²) in [6.07, 6.45) is 4.19. The predicted molar refractivity (Wildman–Crippen MR) is 142 cm³/mol. The van der Waals surface area contributed by atoms with Crippen LogP contribution in [0.25, 0.3) is 33.4 Å². The zero-order valence-electron chi connectivity index (χ0n) is 20.0. The van der Waals surface area contributed by atoms with Gasteiger partial charge in [-0.3, -0.25) is 4.79 Å². The molecule has 1 heterocycles. The summed E-state index contributed by atoms with van der Waals surface area (Å²) in [5.41, 5.74) is 7.04. The van der Waals surface area contributed by atoms with Crippen LogP contribution in [0.1, 0.15) is 22.3 Å². The molecule has 33 heavy (non-hydrogen) atoms. The number of aldehydes is 1. The molecule has 0 spiro atoms. The van der Waals surface area contributed by atoms with Crippen molar-refractivity contribution in [2.75, 3.05) is 44.6 Å². The molecule has 2 aromatic carbocycles. The summed E-state index contributed by atoms with van der Waals surface area (Å²) in [6.45, 7) is 3.07. The van der Waals surface area contributed by atoms with Gasteiger partial charge in [0.2, 0.25) is 5.36 Å². The average molecular weight is 460 g/mol. The van der Waals surface area contributed by atoms with Crippen molar-refractivity contribution >= 4 is 34.7 Å². The Hall–Kier alpha value is -3.05. The Labute approximate surface area is 199 Å². The number of rotatable bonds is 7. The van der Waals surface area contributed by atoms with Crippen LogP contribution in [-0.2, 0) is 0 Å². The van der Waals surface area contributed by atoms with Crippen LogP contribution in [0.5, 0.6) is 0 Å². The van der Waals surface area contributed by atoms with Crippen molar-refractivity contribution in [3.05, 3.63) is 71.1 Å². The Morgan fingerprint density at radius 1 is 1.03 bits per heavy atom. The lowest BCUT2D eigenvalue weighted by atomic mass is 9.90. The molecule has 1 aliphatic heterocycles. The van der Waals surface area contributed by atoms with Crippen LogP contribution in [0.2, 0.25) is 0 Å². The zero-order valence-corrected chi connectivity index (χ0v) is 20.8. The highest BCUT2D eigenvalue weighted by atomic mass is 32.2. The second kappa shape index (κ2) is 9.84. The lowest BCUT2D eigenvalue weighted by Crippen LogP contribution is -2.27. The largest absolute Gasteiger partial charge is 0.456 e. The third kappa shape index (κ3) is 4.69. The van der Waals surface area contributed by atoms with Crippen LogP contribution in [0, 0.1) is 6.92 Å². The number of benzene rings is 3. The first-order chi connectivity index (χ1) is 15.9. The van der Waals surface area contributed by atoms with E-state index in [-0.39, 0.29) is 0 Å². The van der Waals surface area contributed by atoms with E-state index in [1.54, 1.807) is 0 Å². The van der Waals surface area contributed by atoms with Gasteiger partial charge >= 0.3 is 0 Å². The summed E-state index contributed by atoms with van der Waals surface area (Å²) in [4.78, 5) is 13.4. The summed E-state index contributed by atoms with van der Waals surface area (Å²) < 4.78 is 8.77. The van der Waals surface area contributed by atoms with E-state index in [1.165, 1.54) is 0 Å². The fourth-order valence-electron chi connectivity index (χ4n) is 4.29. The van der Waals surface area contributed by atoms with Gasteiger partial charge in [-0.25, -0.2) is 4.58 Å². The van der Waals surface area contributed by atoms with Gasteiger partial charge < -0.3 is 9.32 Å². The van der Waals surface area contributed by atoms with E-state index in [0.717, 1.165) is 75.0 Å². The van der Waals surface area contributed by atoms with Crippen molar-refractivity contribution in [1.82, 2.24) is 4.58 Å². The van der Waals surface area contributed by atoms with Crippen molar-refractivity contribution in [1.29, 1.82) is 0 Å². The minimum atomic E-state index is 0.689. The van der Waals surface area contributed by atoms with Crippen LogP contribution in [0.4, 0.5) is 5.69 Å². The lowest BCUT2D eigenvalue weighted by Gasteiger charge is -2.19. The first-order valence-corrected chi connectivity index (χ1v) is 12.6. The summed E-state index contributed by atoms with van der Waals surface area (Å²) in [7, 11) is 6.20. The van der Waals surface area contributed by atoms with Gasteiger partial charge in [0.25, 0.3) is 0 Å². The van der Waals surface area contributed by atoms with Gasteiger partial charge in [-0.2, -0.15) is 11.8 Å². The Balaban J connectivity index is 2.01. The molecule has 0 amide bonds. The van der Waals surface area contributed by atoms with Gasteiger partial charge in [0.05, 0.1) is 6.07 Å². The predicted octanol–water partition coefficient (Wildman–Crippen LogP) is 5.55. The van der Waals surface area contributed by atoms with Crippen molar-refractivity contribution in [2.24, 2.45) is 0 Å². The number of fused-ring (bicyclic) bond motifs is 2. The topological polar surface area (TPSA) is 36.5 Å². The number of hydrogen-bond acceptors (Lipinski definition) is 4.